The van der Waals surface area contributed by atoms with Crippen molar-refractivity contribution in [3.8, 4) is 6.07 Å². The van der Waals surface area contributed by atoms with Crippen molar-refractivity contribution in [3.05, 3.63) is 55.9 Å². The Labute approximate surface area is 127 Å². The van der Waals surface area contributed by atoms with Gasteiger partial charge in [-0.3, -0.25) is 0 Å². The van der Waals surface area contributed by atoms with Crippen molar-refractivity contribution >= 4 is 54.8 Å². The van der Waals surface area contributed by atoms with Crippen LogP contribution in [0.1, 0.15) is 5.56 Å². The Hall–Kier alpha value is -1.02. The molecule has 0 unspecified atom stereocenters. The Balaban J connectivity index is 2.36. The molecule has 0 aromatic heterocycles. The predicted octanol–water partition coefficient (Wildman–Crippen LogP) is 5.48. The summed E-state index contributed by atoms with van der Waals surface area (Å²) in [6.07, 6.45) is 0. The van der Waals surface area contributed by atoms with Crippen molar-refractivity contribution in [1.82, 2.24) is 0 Å². The molecule has 2 rings (SSSR count). The van der Waals surface area contributed by atoms with Crippen LogP contribution in [0.3, 0.4) is 0 Å². The summed E-state index contributed by atoms with van der Waals surface area (Å²) in [5.74, 6) is 0. The molecular weight excluding hydrogens is 379 g/mol. The summed E-state index contributed by atoms with van der Waals surface area (Å²) in [5, 5.41) is 12.9. The summed E-state index contributed by atoms with van der Waals surface area (Å²) in [5.41, 5.74) is 2.20. The third-order valence-corrected chi connectivity index (χ3v) is 4.01. The number of rotatable bonds is 2. The van der Waals surface area contributed by atoms with Crippen LogP contribution in [0.15, 0.2) is 45.3 Å². The topological polar surface area (TPSA) is 35.8 Å². The molecule has 0 heterocycles. The minimum atomic E-state index is 0.587. The molecule has 0 saturated heterocycles. The van der Waals surface area contributed by atoms with Gasteiger partial charge in [-0.15, -0.1) is 0 Å². The largest absolute Gasteiger partial charge is 0.354 e. The Morgan fingerprint density at radius 2 is 1.89 bits per heavy atom. The highest BCUT2D eigenvalue weighted by Gasteiger charge is 2.04. The first-order valence-corrected chi connectivity index (χ1v) is 6.98. The number of halogens is 3. The molecule has 0 aliphatic carbocycles. The molecule has 0 aliphatic rings. The third-order valence-electron chi connectivity index (χ3n) is 2.30. The molecule has 0 saturated carbocycles. The fourth-order valence-electron chi connectivity index (χ4n) is 1.45. The van der Waals surface area contributed by atoms with Crippen LogP contribution in [-0.2, 0) is 0 Å². The van der Waals surface area contributed by atoms with E-state index in [1.165, 1.54) is 0 Å². The highest BCUT2D eigenvalue weighted by molar-refractivity contribution is 9.10. The van der Waals surface area contributed by atoms with E-state index < -0.39 is 0 Å². The van der Waals surface area contributed by atoms with E-state index in [2.05, 4.69) is 43.2 Å². The molecule has 0 bridgehead atoms. The second-order valence-corrected chi connectivity index (χ2v) is 5.73. The van der Waals surface area contributed by atoms with Crippen molar-refractivity contribution in [2.75, 3.05) is 5.32 Å². The number of hydrogen-bond acceptors (Lipinski definition) is 2. The van der Waals surface area contributed by atoms with Crippen molar-refractivity contribution in [3.63, 3.8) is 0 Å². The molecule has 0 radical (unpaired) electrons. The minimum Gasteiger partial charge on any atom is -0.354 e. The van der Waals surface area contributed by atoms with Crippen molar-refractivity contribution in [2.24, 2.45) is 0 Å². The summed E-state index contributed by atoms with van der Waals surface area (Å²) in [6.45, 7) is 0. The summed E-state index contributed by atoms with van der Waals surface area (Å²) < 4.78 is 1.72. The number of nitrogens with zero attached hydrogens (tertiary/aromatic N) is 1. The van der Waals surface area contributed by atoms with Crippen LogP contribution in [0, 0.1) is 11.3 Å². The normalized spacial score (nSPS) is 9.89. The lowest BCUT2D eigenvalue weighted by atomic mass is 10.2. The Morgan fingerprint density at radius 1 is 1.11 bits per heavy atom. The van der Waals surface area contributed by atoms with Gasteiger partial charge in [-0.05, 0) is 52.3 Å². The Morgan fingerprint density at radius 3 is 2.56 bits per heavy atom. The molecule has 1 N–H and O–H groups in total. The molecule has 18 heavy (non-hydrogen) atoms. The van der Waals surface area contributed by atoms with Gasteiger partial charge in [0.25, 0.3) is 0 Å². The lowest BCUT2D eigenvalue weighted by molar-refractivity contribution is 1.45. The molecule has 5 heteroatoms. The molecule has 2 aromatic carbocycles. The summed E-state index contributed by atoms with van der Waals surface area (Å²) in [4.78, 5) is 0. The molecule has 90 valence electrons. The molecular formula is C13H7Br2ClN2. The van der Waals surface area contributed by atoms with E-state index in [9.17, 15) is 0 Å². The molecule has 0 fully saturated rings. The average Bonchev–Trinajstić information content (AvgIpc) is 2.34. The van der Waals surface area contributed by atoms with E-state index in [1.54, 1.807) is 12.1 Å². The number of benzene rings is 2. The van der Waals surface area contributed by atoms with Crippen LogP contribution in [-0.4, -0.2) is 0 Å². The van der Waals surface area contributed by atoms with E-state index in [0.717, 1.165) is 20.3 Å². The van der Waals surface area contributed by atoms with Crippen molar-refractivity contribution in [1.29, 1.82) is 5.26 Å². The summed E-state index contributed by atoms with van der Waals surface area (Å²) in [7, 11) is 0. The predicted molar refractivity (Wildman–Crippen MR) is 81.3 cm³/mol. The van der Waals surface area contributed by atoms with E-state index in [1.807, 2.05) is 24.3 Å². The first kappa shape index (κ1) is 13.4. The maximum Gasteiger partial charge on any atom is 0.101 e. The molecule has 2 aromatic rings. The van der Waals surface area contributed by atoms with Crippen LogP contribution < -0.4 is 5.32 Å². The van der Waals surface area contributed by atoms with Gasteiger partial charge in [0.15, 0.2) is 0 Å². The second kappa shape index (κ2) is 5.75. The van der Waals surface area contributed by atoms with E-state index in [4.69, 9.17) is 16.9 Å². The first-order valence-electron chi connectivity index (χ1n) is 5.02. The molecule has 0 spiro atoms. The number of nitrogens with one attached hydrogen (secondary N) is 1. The highest BCUT2D eigenvalue weighted by atomic mass is 79.9. The number of hydrogen-bond donors (Lipinski definition) is 1. The lowest BCUT2D eigenvalue weighted by Crippen LogP contribution is -1.93. The van der Waals surface area contributed by atoms with Gasteiger partial charge in [0, 0.05) is 14.6 Å². The number of nitriles is 1. The van der Waals surface area contributed by atoms with Gasteiger partial charge >= 0.3 is 0 Å². The first-order chi connectivity index (χ1) is 8.60. The van der Waals surface area contributed by atoms with Crippen LogP contribution in [0.5, 0.6) is 0 Å². The molecule has 2 nitrogen and oxygen atoms in total. The van der Waals surface area contributed by atoms with Gasteiger partial charge in [-0.25, -0.2) is 0 Å². The Bertz CT molecular complexity index is 635. The third kappa shape index (κ3) is 3.05. The van der Waals surface area contributed by atoms with Crippen LogP contribution >= 0.6 is 43.5 Å². The smallest absolute Gasteiger partial charge is 0.101 e. The zero-order chi connectivity index (χ0) is 13.1. The van der Waals surface area contributed by atoms with Crippen molar-refractivity contribution < 1.29 is 0 Å². The summed E-state index contributed by atoms with van der Waals surface area (Å²) in [6, 6.07) is 13.1. The van der Waals surface area contributed by atoms with E-state index >= 15 is 0 Å². The van der Waals surface area contributed by atoms with Crippen LogP contribution in [0.4, 0.5) is 11.4 Å². The summed E-state index contributed by atoms with van der Waals surface area (Å²) >= 11 is 12.7. The van der Waals surface area contributed by atoms with Gasteiger partial charge in [0.05, 0.1) is 16.3 Å². The molecule has 0 aliphatic heterocycles. The minimum absolute atomic E-state index is 0.587. The zero-order valence-electron chi connectivity index (χ0n) is 9.05. The van der Waals surface area contributed by atoms with E-state index in [-0.39, 0.29) is 0 Å². The second-order valence-electron chi connectivity index (χ2n) is 3.56. The highest BCUT2D eigenvalue weighted by Crippen LogP contribution is 2.29. The van der Waals surface area contributed by atoms with Crippen LogP contribution in [0.2, 0.25) is 5.02 Å². The van der Waals surface area contributed by atoms with Gasteiger partial charge in [0.2, 0.25) is 0 Å². The fraction of sp³-hybridized carbons (Fsp3) is 0. The van der Waals surface area contributed by atoms with Crippen LogP contribution in [0.25, 0.3) is 0 Å². The Kier molecular flexibility index (Phi) is 4.28. The standard InChI is InChI=1S/C13H7Br2ClN2/c14-9-2-1-8(7-17)13(5-9)18-10-3-4-12(16)11(15)6-10/h1-6,18H. The molecule has 0 amide bonds. The maximum atomic E-state index is 9.05. The monoisotopic (exact) mass is 384 g/mol. The van der Waals surface area contributed by atoms with Gasteiger partial charge in [-0.2, -0.15) is 5.26 Å². The zero-order valence-corrected chi connectivity index (χ0v) is 13.0. The molecule has 0 atom stereocenters. The van der Waals surface area contributed by atoms with Crippen molar-refractivity contribution in [2.45, 2.75) is 0 Å². The fourth-order valence-corrected chi connectivity index (χ4v) is 2.30. The maximum absolute atomic E-state index is 9.05. The van der Waals surface area contributed by atoms with Gasteiger partial charge in [-0.1, -0.05) is 27.5 Å². The lowest BCUT2D eigenvalue weighted by Gasteiger charge is -2.09. The van der Waals surface area contributed by atoms with Gasteiger partial charge in [0.1, 0.15) is 6.07 Å². The number of anilines is 2. The quantitative estimate of drug-likeness (QED) is 0.742. The van der Waals surface area contributed by atoms with E-state index in [0.29, 0.717) is 10.6 Å². The SMILES string of the molecule is N#Cc1ccc(Br)cc1Nc1ccc(Cl)c(Br)c1. The average molecular weight is 386 g/mol. The van der Waals surface area contributed by atoms with Gasteiger partial charge < -0.3 is 5.32 Å².